The highest BCUT2D eigenvalue weighted by molar-refractivity contribution is 6.65. The fourth-order valence-electron chi connectivity index (χ4n) is 1.29. The molecule has 0 aromatic heterocycles. The molecule has 0 aliphatic carbocycles. The van der Waals surface area contributed by atoms with Crippen molar-refractivity contribution < 1.29 is 28.6 Å². The van der Waals surface area contributed by atoms with Crippen molar-refractivity contribution >= 4 is 23.4 Å². The zero-order chi connectivity index (χ0) is 14.4. The Kier molecular flexibility index (Phi) is 4.68. The summed E-state index contributed by atoms with van der Waals surface area (Å²) in [6.45, 7) is 0. The summed E-state index contributed by atoms with van der Waals surface area (Å²) >= 11 is 0. The average molecular weight is 262 g/mol. The SMILES string of the molecule is COC(=O)C(=[N+]=[N-])C(=O)c1ccc(C(=O)OC)cc1. The van der Waals surface area contributed by atoms with Crippen LogP contribution in [-0.4, -0.2) is 42.4 Å². The van der Waals surface area contributed by atoms with Gasteiger partial charge in [-0.1, -0.05) is 0 Å². The maximum absolute atomic E-state index is 11.8. The normalized spacial score (nSPS) is 9.16. The molecule has 98 valence electrons. The summed E-state index contributed by atoms with van der Waals surface area (Å²) < 4.78 is 8.80. The van der Waals surface area contributed by atoms with Gasteiger partial charge < -0.3 is 15.0 Å². The fourth-order valence-corrected chi connectivity index (χ4v) is 1.29. The van der Waals surface area contributed by atoms with Crippen LogP contribution in [0.25, 0.3) is 5.53 Å². The van der Waals surface area contributed by atoms with E-state index < -0.39 is 23.4 Å². The van der Waals surface area contributed by atoms with Crippen LogP contribution in [0.3, 0.4) is 0 Å². The molecule has 0 N–H and O–H groups in total. The van der Waals surface area contributed by atoms with E-state index in [-0.39, 0.29) is 11.1 Å². The number of hydrogen-bond acceptors (Lipinski definition) is 5. The van der Waals surface area contributed by atoms with E-state index >= 15 is 0 Å². The van der Waals surface area contributed by atoms with Crippen molar-refractivity contribution in [2.75, 3.05) is 14.2 Å². The van der Waals surface area contributed by atoms with Crippen molar-refractivity contribution in [2.24, 2.45) is 0 Å². The molecule has 0 atom stereocenters. The van der Waals surface area contributed by atoms with Crippen LogP contribution in [0.2, 0.25) is 0 Å². The first-order valence-electron chi connectivity index (χ1n) is 5.08. The molecule has 0 fully saturated rings. The Morgan fingerprint density at radius 1 is 1.00 bits per heavy atom. The maximum atomic E-state index is 11.8. The second kappa shape index (κ2) is 6.23. The molecule has 0 aliphatic heterocycles. The number of rotatable bonds is 4. The van der Waals surface area contributed by atoms with E-state index in [1.54, 1.807) is 0 Å². The Morgan fingerprint density at radius 2 is 1.53 bits per heavy atom. The van der Waals surface area contributed by atoms with Crippen LogP contribution >= 0.6 is 0 Å². The number of carbonyl (C=O) groups excluding carboxylic acids is 3. The average Bonchev–Trinajstić information content (AvgIpc) is 2.46. The third-order valence-electron chi connectivity index (χ3n) is 2.26. The molecule has 7 heteroatoms. The molecule has 0 saturated heterocycles. The van der Waals surface area contributed by atoms with Gasteiger partial charge in [-0.3, -0.25) is 4.79 Å². The van der Waals surface area contributed by atoms with Gasteiger partial charge in [0.15, 0.2) is 0 Å². The van der Waals surface area contributed by atoms with Gasteiger partial charge in [0.2, 0.25) is 0 Å². The third kappa shape index (κ3) is 3.11. The highest BCUT2D eigenvalue weighted by Crippen LogP contribution is 2.07. The third-order valence-corrected chi connectivity index (χ3v) is 2.26. The molecule has 0 saturated carbocycles. The van der Waals surface area contributed by atoms with E-state index in [2.05, 4.69) is 14.3 Å². The van der Waals surface area contributed by atoms with Crippen LogP contribution in [0.4, 0.5) is 0 Å². The van der Waals surface area contributed by atoms with Gasteiger partial charge in [-0.2, -0.15) is 4.79 Å². The van der Waals surface area contributed by atoms with E-state index in [9.17, 15) is 14.4 Å². The van der Waals surface area contributed by atoms with Gasteiger partial charge in [-0.25, -0.2) is 9.59 Å². The minimum Gasteiger partial charge on any atom is -0.465 e. The topological polar surface area (TPSA) is 106 Å². The molecule has 19 heavy (non-hydrogen) atoms. The Bertz CT molecular complexity index is 570. The van der Waals surface area contributed by atoms with Crippen LogP contribution < -0.4 is 0 Å². The van der Waals surface area contributed by atoms with E-state index in [1.807, 2.05) is 0 Å². The van der Waals surface area contributed by atoms with Gasteiger partial charge in [0.1, 0.15) is 0 Å². The molecule has 0 spiro atoms. The van der Waals surface area contributed by atoms with Gasteiger partial charge in [-0.15, -0.1) is 0 Å². The summed E-state index contributed by atoms with van der Waals surface area (Å²) in [6, 6.07) is 5.32. The van der Waals surface area contributed by atoms with Crippen molar-refractivity contribution in [3.63, 3.8) is 0 Å². The molecular weight excluding hydrogens is 252 g/mol. The van der Waals surface area contributed by atoms with E-state index in [0.717, 1.165) is 7.11 Å². The lowest BCUT2D eigenvalue weighted by molar-refractivity contribution is -0.137. The first-order valence-corrected chi connectivity index (χ1v) is 5.08. The molecular formula is C12H10N2O5. The number of Topliss-reactive ketones (excluding diaryl/α,β-unsaturated/α-hetero) is 1. The second-order valence-electron chi connectivity index (χ2n) is 3.34. The predicted octanol–water partition coefficient (Wildman–Crippen LogP) is 0.500. The van der Waals surface area contributed by atoms with E-state index in [1.165, 1.54) is 31.4 Å². The number of esters is 2. The van der Waals surface area contributed by atoms with Crippen molar-refractivity contribution in [1.82, 2.24) is 0 Å². The van der Waals surface area contributed by atoms with Crippen molar-refractivity contribution in [3.8, 4) is 0 Å². The van der Waals surface area contributed by atoms with Crippen LogP contribution in [0.1, 0.15) is 20.7 Å². The Hall–Kier alpha value is -2.79. The molecule has 0 heterocycles. The number of ketones is 1. The lowest BCUT2D eigenvalue weighted by Crippen LogP contribution is -2.26. The number of nitrogens with zero attached hydrogens (tertiary/aromatic N) is 2. The van der Waals surface area contributed by atoms with Crippen LogP contribution in [0.15, 0.2) is 24.3 Å². The molecule has 1 rings (SSSR count). The molecule has 0 aliphatic rings. The predicted molar refractivity (Wildman–Crippen MR) is 62.8 cm³/mol. The monoisotopic (exact) mass is 262 g/mol. The summed E-state index contributed by atoms with van der Waals surface area (Å²) in [5.41, 5.74) is 8.21. The van der Waals surface area contributed by atoms with Crippen molar-refractivity contribution in [3.05, 3.63) is 40.9 Å². The minimum atomic E-state index is -1.05. The van der Waals surface area contributed by atoms with Crippen molar-refractivity contribution in [2.45, 2.75) is 0 Å². The first kappa shape index (κ1) is 14.3. The number of methoxy groups -OCH3 is 2. The minimum absolute atomic E-state index is 0.0749. The number of ether oxygens (including phenoxy) is 2. The van der Waals surface area contributed by atoms with E-state index in [0.29, 0.717) is 0 Å². The summed E-state index contributed by atoms with van der Waals surface area (Å²) in [5, 5.41) is 0. The first-order chi connectivity index (χ1) is 9.04. The number of carbonyl (C=O) groups is 3. The fraction of sp³-hybridized carbons (Fsp3) is 0.167. The maximum Gasteiger partial charge on any atom is 0.446 e. The highest BCUT2D eigenvalue weighted by atomic mass is 16.5. The van der Waals surface area contributed by atoms with Gasteiger partial charge in [0, 0.05) is 5.56 Å². The lowest BCUT2D eigenvalue weighted by atomic mass is 10.0. The molecule has 0 amide bonds. The quantitative estimate of drug-likeness (QED) is 0.196. The molecule has 0 bridgehead atoms. The van der Waals surface area contributed by atoms with Crippen LogP contribution in [0.5, 0.6) is 0 Å². The number of benzene rings is 1. The zero-order valence-corrected chi connectivity index (χ0v) is 10.2. The summed E-state index contributed by atoms with van der Waals surface area (Å²) in [7, 11) is 2.29. The van der Waals surface area contributed by atoms with Gasteiger partial charge in [0.05, 0.1) is 19.8 Å². The molecule has 7 nitrogen and oxygen atoms in total. The largest absolute Gasteiger partial charge is 0.465 e. The van der Waals surface area contributed by atoms with Crippen LogP contribution in [0, 0.1) is 0 Å². The highest BCUT2D eigenvalue weighted by Gasteiger charge is 2.31. The molecule has 0 unspecified atom stereocenters. The van der Waals surface area contributed by atoms with Crippen molar-refractivity contribution in [1.29, 1.82) is 0 Å². The Morgan fingerprint density at radius 3 is 1.95 bits per heavy atom. The smallest absolute Gasteiger partial charge is 0.446 e. The summed E-state index contributed by atoms with van der Waals surface area (Å²) in [6.07, 6.45) is 0. The van der Waals surface area contributed by atoms with Gasteiger partial charge >= 0.3 is 17.7 Å². The standard InChI is InChI=1S/C12H10N2O5/c1-18-11(16)8-5-3-7(4-6-8)10(15)9(14-13)12(17)19-2/h3-6H,1-2H3. The Balaban J connectivity index is 3.05. The summed E-state index contributed by atoms with van der Waals surface area (Å²) in [5.74, 6) is -2.42. The second-order valence-corrected chi connectivity index (χ2v) is 3.34. The molecule has 1 aromatic rings. The van der Waals surface area contributed by atoms with Gasteiger partial charge in [0.25, 0.3) is 5.78 Å². The lowest BCUT2D eigenvalue weighted by Gasteiger charge is -2.00. The number of hydrogen-bond donors (Lipinski definition) is 0. The zero-order valence-electron chi connectivity index (χ0n) is 10.2. The van der Waals surface area contributed by atoms with E-state index in [4.69, 9.17) is 5.53 Å². The summed E-state index contributed by atoms with van der Waals surface area (Å²) in [4.78, 5) is 36.8. The van der Waals surface area contributed by atoms with Gasteiger partial charge in [-0.05, 0) is 24.3 Å². The molecule has 0 radical (unpaired) electrons. The van der Waals surface area contributed by atoms with Crippen LogP contribution in [-0.2, 0) is 14.3 Å². The molecule has 1 aromatic carbocycles. The Labute approximate surface area is 108 Å².